The highest BCUT2D eigenvalue weighted by atomic mass is 16.5. The van der Waals surface area contributed by atoms with E-state index in [0.29, 0.717) is 25.7 Å². The van der Waals surface area contributed by atoms with E-state index in [0.717, 1.165) is 44.1 Å². The molecule has 1 aromatic rings. The maximum absolute atomic E-state index is 12.8. The van der Waals surface area contributed by atoms with Crippen LogP contribution in [0.3, 0.4) is 0 Å². The number of carbonyl (C=O) groups excluding carboxylic acids is 1. The zero-order chi connectivity index (χ0) is 15.8. The Kier molecular flexibility index (Phi) is 4.07. The predicted molar refractivity (Wildman–Crippen MR) is 83.7 cm³/mol. The fourth-order valence-corrected chi connectivity index (χ4v) is 4.18. The number of hydrogen-bond donors (Lipinski definition) is 0. The van der Waals surface area contributed by atoms with Gasteiger partial charge in [-0.05, 0) is 19.8 Å². The van der Waals surface area contributed by atoms with Crippen molar-refractivity contribution in [3.63, 3.8) is 0 Å². The second-order valence-corrected chi connectivity index (χ2v) is 6.87. The Morgan fingerprint density at radius 3 is 3.00 bits per heavy atom. The Hall–Kier alpha value is -1.47. The normalized spacial score (nSPS) is 28.3. The number of nitrogens with zero attached hydrogens (tertiary/aromatic N) is 5. The Morgan fingerprint density at radius 1 is 1.22 bits per heavy atom. The molecule has 1 aliphatic carbocycles. The van der Waals surface area contributed by atoms with Crippen molar-refractivity contribution < 1.29 is 9.53 Å². The maximum atomic E-state index is 12.8. The van der Waals surface area contributed by atoms with E-state index in [4.69, 9.17) is 4.74 Å². The predicted octanol–water partition coefficient (Wildman–Crippen LogP) is 0.572. The number of morpholine rings is 1. The molecule has 1 aromatic heterocycles. The molecule has 0 N–H and O–H groups in total. The van der Waals surface area contributed by atoms with Gasteiger partial charge in [0.15, 0.2) is 0 Å². The molecule has 4 rings (SSSR count). The summed E-state index contributed by atoms with van der Waals surface area (Å²) in [6.07, 6.45) is 4.88. The molecule has 23 heavy (non-hydrogen) atoms. The standard InChI is InChI=1S/C16H25N5O2/c1-12-17-18-15-10-19(6-7-20(12)15)11-16(22)21-8-9-23-14-5-3-2-4-13(14)21/h13-14H,2-11H2,1H3/t13-,14+/m0/s1. The van der Waals surface area contributed by atoms with Crippen LogP contribution in [0.2, 0.25) is 0 Å². The average molecular weight is 319 g/mol. The molecule has 1 amide bonds. The largest absolute Gasteiger partial charge is 0.374 e. The summed E-state index contributed by atoms with van der Waals surface area (Å²) < 4.78 is 8.02. The van der Waals surface area contributed by atoms with E-state index >= 15 is 0 Å². The molecule has 0 bridgehead atoms. The third kappa shape index (κ3) is 2.87. The lowest BCUT2D eigenvalue weighted by Gasteiger charge is -2.44. The Balaban J connectivity index is 1.40. The number of rotatable bonds is 2. The van der Waals surface area contributed by atoms with Gasteiger partial charge in [-0.1, -0.05) is 12.8 Å². The minimum Gasteiger partial charge on any atom is -0.374 e. The summed E-state index contributed by atoms with van der Waals surface area (Å²) in [7, 11) is 0. The van der Waals surface area contributed by atoms with E-state index in [1.54, 1.807) is 0 Å². The Morgan fingerprint density at radius 2 is 2.09 bits per heavy atom. The minimum atomic E-state index is 0.245. The lowest BCUT2D eigenvalue weighted by Crippen LogP contribution is -2.57. The molecular formula is C16H25N5O2. The molecule has 0 radical (unpaired) electrons. The van der Waals surface area contributed by atoms with Gasteiger partial charge in [0.05, 0.1) is 31.8 Å². The molecule has 1 saturated heterocycles. The van der Waals surface area contributed by atoms with Crippen molar-refractivity contribution in [1.29, 1.82) is 0 Å². The number of ether oxygens (including phenoxy) is 1. The zero-order valence-electron chi connectivity index (χ0n) is 13.8. The molecule has 2 aliphatic heterocycles. The molecule has 3 heterocycles. The van der Waals surface area contributed by atoms with E-state index < -0.39 is 0 Å². The smallest absolute Gasteiger partial charge is 0.237 e. The molecule has 2 fully saturated rings. The molecule has 3 aliphatic rings. The van der Waals surface area contributed by atoms with Crippen molar-refractivity contribution in [2.45, 2.75) is 57.8 Å². The number of aromatic nitrogens is 3. The van der Waals surface area contributed by atoms with Crippen molar-refractivity contribution in [3.8, 4) is 0 Å². The van der Waals surface area contributed by atoms with Gasteiger partial charge in [-0.3, -0.25) is 9.69 Å². The van der Waals surface area contributed by atoms with Crippen LogP contribution in [-0.2, 0) is 22.6 Å². The van der Waals surface area contributed by atoms with Crippen LogP contribution in [0.5, 0.6) is 0 Å². The number of amides is 1. The summed E-state index contributed by atoms with van der Waals surface area (Å²) in [4.78, 5) is 17.1. The van der Waals surface area contributed by atoms with Crippen molar-refractivity contribution in [2.75, 3.05) is 26.2 Å². The fourth-order valence-electron chi connectivity index (χ4n) is 4.18. The molecule has 7 heteroatoms. The van der Waals surface area contributed by atoms with Gasteiger partial charge in [0.2, 0.25) is 5.91 Å². The van der Waals surface area contributed by atoms with Crippen LogP contribution in [0.4, 0.5) is 0 Å². The van der Waals surface area contributed by atoms with Crippen LogP contribution in [0, 0.1) is 6.92 Å². The van der Waals surface area contributed by atoms with Gasteiger partial charge < -0.3 is 14.2 Å². The van der Waals surface area contributed by atoms with Gasteiger partial charge in [0, 0.05) is 19.6 Å². The summed E-state index contributed by atoms with van der Waals surface area (Å²) in [6, 6.07) is 0.292. The van der Waals surface area contributed by atoms with Gasteiger partial charge in [-0.2, -0.15) is 0 Å². The van der Waals surface area contributed by atoms with E-state index in [1.807, 2.05) is 6.92 Å². The molecule has 0 spiro atoms. The fraction of sp³-hybridized carbons (Fsp3) is 0.812. The highest BCUT2D eigenvalue weighted by Gasteiger charge is 2.37. The van der Waals surface area contributed by atoms with Crippen LogP contribution in [0.25, 0.3) is 0 Å². The first kappa shape index (κ1) is 15.1. The molecule has 126 valence electrons. The molecular weight excluding hydrogens is 294 g/mol. The van der Waals surface area contributed by atoms with Crippen LogP contribution in [0.1, 0.15) is 37.3 Å². The van der Waals surface area contributed by atoms with E-state index in [9.17, 15) is 4.79 Å². The summed E-state index contributed by atoms with van der Waals surface area (Å²) in [5.74, 6) is 2.18. The third-order valence-corrected chi connectivity index (χ3v) is 5.43. The lowest BCUT2D eigenvalue weighted by atomic mass is 9.90. The Labute approximate surface area is 136 Å². The molecule has 7 nitrogen and oxygen atoms in total. The van der Waals surface area contributed by atoms with Crippen molar-refractivity contribution in [3.05, 3.63) is 11.6 Å². The quantitative estimate of drug-likeness (QED) is 0.797. The molecule has 0 unspecified atom stereocenters. The van der Waals surface area contributed by atoms with Crippen molar-refractivity contribution >= 4 is 5.91 Å². The van der Waals surface area contributed by atoms with Crippen LogP contribution < -0.4 is 0 Å². The summed E-state index contributed by atoms with van der Waals surface area (Å²) in [6.45, 7) is 6.35. The maximum Gasteiger partial charge on any atom is 0.237 e. The first-order chi connectivity index (χ1) is 11.2. The number of carbonyl (C=O) groups is 1. The number of hydrogen-bond acceptors (Lipinski definition) is 5. The van der Waals surface area contributed by atoms with Gasteiger partial charge in [0.1, 0.15) is 11.6 Å². The first-order valence-corrected chi connectivity index (χ1v) is 8.74. The lowest BCUT2D eigenvalue weighted by molar-refractivity contribution is -0.151. The van der Waals surface area contributed by atoms with Crippen LogP contribution in [0.15, 0.2) is 0 Å². The summed E-state index contributed by atoms with van der Waals surface area (Å²) in [5, 5.41) is 8.35. The Bertz CT molecular complexity index is 585. The van der Waals surface area contributed by atoms with Gasteiger partial charge >= 0.3 is 0 Å². The number of aryl methyl sites for hydroxylation is 1. The second-order valence-electron chi connectivity index (χ2n) is 6.87. The second kappa shape index (κ2) is 6.20. The average Bonchev–Trinajstić information content (AvgIpc) is 2.95. The van der Waals surface area contributed by atoms with Gasteiger partial charge in [-0.25, -0.2) is 0 Å². The first-order valence-electron chi connectivity index (χ1n) is 8.74. The van der Waals surface area contributed by atoms with Gasteiger partial charge in [0.25, 0.3) is 0 Å². The monoisotopic (exact) mass is 319 g/mol. The minimum absolute atomic E-state index is 0.245. The van der Waals surface area contributed by atoms with Crippen LogP contribution >= 0.6 is 0 Å². The zero-order valence-corrected chi connectivity index (χ0v) is 13.8. The van der Waals surface area contributed by atoms with Gasteiger partial charge in [-0.15, -0.1) is 10.2 Å². The molecule has 2 atom stereocenters. The van der Waals surface area contributed by atoms with Crippen LogP contribution in [-0.4, -0.2) is 68.9 Å². The van der Waals surface area contributed by atoms with Crippen molar-refractivity contribution in [2.24, 2.45) is 0 Å². The molecule has 0 aromatic carbocycles. The van der Waals surface area contributed by atoms with E-state index in [-0.39, 0.29) is 12.0 Å². The topological polar surface area (TPSA) is 63.5 Å². The summed E-state index contributed by atoms with van der Waals surface area (Å²) >= 11 is 0. The SMILES string of the molecule is Cc1nnc2n1CCN(CC(=O)N1CCO[C@@H]3CCCC[C@@H]31)C2. The highest BCUT2D eigenvalue weighted by Crippen LogP contribution is 2.28. The molecule has 1 saturated carbocycles. The third-order valence-electron chi connectivity index (χ3n) is 5.43. The van der Waals surface area contributed by atoms with E-state index in [2.05, 4.69) is 24.6 Å². The summed E-state index contributed by atoms with van der Waals surface area (Å²) in [5.41, 5.74) is 0. The van der Waals surface area contributed by atoms with Crippen molar-refractivity contribution in [1.82, 2.24) is 24.6 Å². The highest BCUT2D eigenvalue weighted by molar-refractivity contribution is 5.78. The van der Waals surface area contributed by atoms with E-state index in [1.165, 1.54) is 12.8 Å². The number of fused-ring (bicyclic) bond motifs is 2.